The number of aromatic nitrogens is 1. The number of rotatable bonds is 9. The van der Waals surface area contributed by atoms with E-state index in [9.17, 15) is 14.7 Å². The summed E-state index contributed by atoms with van der Waals surface area (Å²) in [6.45, 7) is 3.22. The first-order valence-corrected chi connectivity index (χ1v) is 9.99. The van der Waals surface area contributed by atoms with Gasteiger partial charge >= 0.3 is 0 Å². The molecule has 3 rings (SSSR count). The van der Waals surface area contributed by atoms with Crippen LogP contribution in [-0.4, -0.2) is 53.5 Å². The first kappa shape index (κ1) is 21.5. The Hall–Kier alpha value is -3.19. The molecular formula is C23H26N2O5. The molecule has 1 atom stereocenters. The molecule has 30 heavy (non-hydrogen) atoms. The highest BCUT2D eigenvalue weighted by Crippen LogP contribution is 2.39. The first-order chi connectivity index (χ1) is 14.6. The second-order valence-electron chi connectivity index (χ2n) is 6.99. The van der Waals surface area contributed by atoms with Crippen LogP contribution in [0.15, 0.2) is 54.4 Å². The number of methoxy groups -OCH3 is 1. The molecule has 1 aliphatic rings. The third kappa shape index (κ3) is 4.52. The molecule has 1 amide bonds. The molecule has 0 spiro atoms. The number of amides is 1. The number of unbranched alkanes of at least 4 members (excludes halogenated alkanes) is 1. The highest BCUT2D eigenvalue weighted by molar-refractivity contribution is 6.46. The van der Waals surface area contributed by atoms with E-state index in [1.54, 1.807) is 48.8 Å². The molecule has 1 fully saturated rings. The summed E-state index contributed by atoms with van der Waals surface area (Å²) in [5.74, 6) is -0.898. The highest BCUT2D eigenvalue weighted by Gasteiger charge is 2.45. The van der Waals surface area contributed by atoms with Gasteiger partial charge in [0.25, 0.3) is 11.7 Å². The number of likely N-dealkylation sites (tertiary alicyclic amines) is 1. The Morgan fingerprint density at radius 3 is 2.43 bits per heavy atom. The fourth-order valence-corrected chi connectivity index (χ4v) is 3.39. The van der Waals surface area contributed by atoms with Crippen molar-refractivity contribution in [1.29, 1.82) is 0 Å². The maximum absolute atomic E-state index is 12.8. The van der Waals surface area contributed by atoms with E-state index < -0.39 is 17.7 Å². The molecule has 2 heterocycles. The average Bonchev–Trinajstić information content (AvgIpc) is 3.03. The number of ketones is 1. The zero-order valence-corrected chi connectivity index (χ0v) is 17.2. The second kappa shape index (κ2) is 10.0. The van der Waals surface area contributed by atoms with Crippen LogP contribution in [0.3, 0.4) is 0 Å². The Balaban J connectivity index is 1.98. The maximum atomic E-state index is 12.8. The Morgan fingerprint density at radius 1 is 1.10 bits per heavy atom. The fraction of sp³-hybridized carbons (Fsp3) is 0.348. The minimum atomic E-state index is -0.714. The van der Waals surface area contributed by atoms with Gasteiger partial charge in [-0.3, -0.25) is 14.6 Å². The van der Waals surface area contributed by atoms with Gasteiger partial charge in [-0.1, -0.05) is 13.3 Å². The molecule has 1 aromatic carbocycles. The van der Waals surface area contributed by atoms with Gasteiger partial charge in [-0.2, -0.15) is 0 Å². The Morgan fingerprint density at radius 2 is 1.80 bits per heavy atom. The van der Waals surface area contributed by atoms with Gasteiger partial charge in [0.15, 0.2) is 0 Å². The Bertz CT molecular complexity index is 909. The third-order valence-corrected chi connectivity index (χ3v) is 4.99. The molecule has 0 saturated carbocycles. The Labute approximate surface area is 175 Å². The lowest BCUT2D eigenvalue weighted by atomic mass is 9.96. The number of Topliss-reactive ketones (excluding diaryl/α,β-unsaturated/α-hetero) is 1. The molecule has 0 radical (unpaired) electrons. The summed E-state index contributed by atoms with van der Waals surface area (Å²) in [5.41, 5.74) is 1.20. The number of hydrogen-bond donors (Lipinski definition) is 1. The van der Waals surface area contributed by atoms with Crippen LogP contribution in [0.4, 0.5) is 0 Å². The van der Waals surface area contributed by atoms with Crippen LogP contribution in [0.5, 0.6) is 5.75 Å². The summed E-state index contributed by atoms with van der Waals surface area (Å²) in [7, 11) is 1.53. The van der Waals surface area contributed by atoms with Crippen molar-refractivity contribution in [2.75, 3.05) is 26.9 Å². The zero-order valence-electron chi connectivity index (χ0n) is 17.2. The minimum Gasteiger partial charge on any atom is -0.507 e. The maximum Gasteiger partial charge on any atom is 0.295 e. The van der Waals surface area contributed by atoms with E-state index in [2.05, 4.69) is 11.9 Å². The van der Waals surface area contributed by atoms with Gasteiger partial charge < -0.3 is 19.5 Å². The van der Waals surface area contributed by atoms with Gasteiger partial charge in [0.1, 0.15) is 11.5 Å². The monoisotopic (exact) mass is 410 g/mol. The predicted octanol–water partition coefficient (Wildman–Crippen LogP) is 3.33. The summed E-state index contributed by atoms with van der Waals surface area (Å²) in [5, 5.41) is 11.0. The number of aliphatic hydroxyl groups is 1. The summed E-state index contributed by atoms with van der Waals surface area (Å²) < 4.78 is 10.7. The van der Waals surface area contributed by atoms with E-state index >= 15 is 0 Å². The van der Waals surface area contributed by atoms with Gasteiger partial charge in [-0.15, -0.1) is 0 Å². The minimum absolute atomic E-state index is 0.0574. The molecule has 0 bridgehead atoms. The van der Waals surface area contributed by atoms with Gasteiger partial charge in [0, 0.05) is 31.6 Å². The number of carbonyl (C=O) groups is 2. The first-order valence-electron chi connectivity index (χ1n) is 9.99. The molecule has 7 nitrogen and oxygen atoms in total. The van der Waals surface area contributed by atoms with Crippen LogP contribution in [0.25, 0.3) is 5.76 Å². The van der Waals surface area contributed by atoms with Crippen molar-refractivity contribution in [3.8, 4) is 5.75 Å². The SMILES string of the molecule is CCCCOc1ccc(/C(O)=C2\C(=O)C(=O)N(CCOC)C2c2ccncc2)cc1. The summed E-state index contributed by atoms with van der Waals surface area (Å²) in [6.07, 6.45) is 5.18. The van der Waals surface area contributed by atoms with Crippen molar-refractivity contribution in [1.82, 2.24) is 9.88 Å². The predicted molar refractivity (Wildman–Crippen MR) is 112 cm³/mol. The average molecular weight is 410 g/mol. The van der Waals surface area contributed by atoms with Gasteiger partial charge in [-0.25, -0.2) is 0 Å². The van der Waals surface area contributed by atoms with Crippen LogP contribution in [0.1, 0.15) is 36.9 Å². The molecule has 2 aromatic rings. The molecule has 1 N–H and O–H groups in total. The van der Waals surface area contributed by atoms with Crippen LogP contribution in [-0.2, 0) is 14.3 Å². The molecule has 158 valence electrons. The Kier molecular flexibility index (Phi) is 7.19. The summed E-state index contributed by atoms with van der Waals surface area (Å²) >= 11 is 0. The molecule has 1 saturated heterocycles. The van der Waals surface area contributed by atoms with Crippen LogP contribution in [0, 0.1) is 0 Å². The van der Waals surface area contributed by atoms with Gasteiger partial charge in [0.05, 0.1) is 24.8 Å². The van der Waals surface area contributed by atoms with Crippen molar-refractivity contribution in [3.05, 3.63) is 65.5 Å². The molecule has 1 aliphatic heterocycles. The van der Waals surface area contributed by atoms with Crippen LogP contribution in [0.2, 0.25) is 0 Å². The third-order valence-electron chi connectivity index (χ3n) is 4.99. The van der Waals surface area contributed by atoms with E-state index in [1.165, 1.54) is 12.0 Å². The highest BCUT2D eigenvalue weighted by atomic mass is 16.5. The number of aliphatic hydroxyl groups excluding tert-OH is 1. The largest absolute Gasteiger partial charge is 0.507 e. The standard InChI is InChI=1S/C23H26N2O5/c1-3-4-14-30-18-7-5-17(6-8-18)21(26)19-20(16-9-11-24-12-10-16)25(13-15-29-2)23(28)22(19)27/h5-12,20,26H,3-4,13-15H2,1-2H3/b21-19+. The fourth-order valence-electron chi connectivity index (χ4n) is 3.39. The van der Waals surface area contributed by atoms with Crippen molar-refractivity contribution >= 4 is 17.4 Å². The molecular weight excluding hydrogens is 384 g/mol. The van der Waals surface area contributed by atoms with E-state index in [0.717, 1.165) is 12.8 Å². The van der Waals surface area contributed by atoms with Gasteiger partial charge in [-0.05, 0) is 48.4 Å². The lowest BCUT2D eigenvalue weighted by Crippen LogP contribution is -2.32. The van der Waals surface area contributed by atoms with Crippen molar-refractivity contribution < 1.29 is 24.2 Å². The number of ether oxygens (including phenoxy) is 2. The lowest BCUT2D eigenvalue weighted by molar-refractivity contribution is -0.140. The second-order valence-corrected chi connectivity index (χ2v) is 6.99. The quantitative estimate of drug-likeness (QED) is 0.295. The smallest absolute Gasteiger partial charge is 0.295 e. The number of hydrogen-bond acceptors (Lipinski definition) is 6. The molecule has 0 aliphatic carbocycles. The summed E-state index contributed by atoms with van der Waals surface area (Å²) in [4.78, 5) is 30.9. The number of benzene rings is 1. The van der Waals surface area contributed by atoms with Crippen molar-refractivity contribution in [2.24, 2.45) is 0 Å². The van der Waals surface area contributed by atoms with E-state index in [0.29, 0.717) is 23.5 Å². The number of nitrogens with zero attached hydrogens (tertiary/aromatic N) is 2. The van der Waals surface area contributed by atoms with Crippen molar-refractivity contribution in [2.45, 2.75) is 25.8 Å². The molecule has 1 unspecified atom stereocenters. The lowest BCUT2D eigenvalue weighted by Gasteiger charge is -2.24. The molecule has 7 heteroatoms. The molecule has 1 aromatic heterocycles. The topological polar surface area (TPSA) is 89.0 Å². The van der Waals surface area contributed by atoms with Crippen molar-refractivity contribution in [3.63, 3.8) is 0 Å². The summed E-state index contributed by atoms with van der Waals surface area (Å²) in [6, 6.07) is 9.61. The van der Waals surface area contributed by atoms with E-state index in [-0.39, 0.29) is 24.5 Å². The number of carbonyl (C=O) groups excluding carboxylic acids is 2. The normalized spacial score (nSPS) is 18.1. The zero-order chi connectivity index (χ0) is 21.5. The van der Waals surface area contributed by atoms with Crippen LogP contribution >= 0.6 is 0 Å². The number of pyridine rings is 1. The van der Waals surface area contributed by atoms with E-state index in [4.69, 9.17) is 9.47 Å². The van der Waals surface area contributed by atoms with Crippen LogP contribution < -0.4 is 4.74 Å². The van der Waals surface area contributed by atoms with Gasteiger partial charge in [0.2, 0.25) is 0 Å². The van der Waals surface area contributed by atoms with E-state index in [1.807, 2.05) is 0 Å².